The highest BCUT2D eigenvalue weighted by Gasteiger charge is 2.31. The lowest BCUT2D eigenvalue weighted by Gasteiger charge is -2.35. The quantitative estimate of drug-likeness (QED) is 0.326. The molecule has 3 rings (SSSR count). The summed E-state index contributed by atoms with van der Waals surface area (Å²) in [6.45, 7) is 7.13. The first-order valence-electron chi connectivity index (χ1n) is 16.4. The van der Waals surface area contributed by atoms with Crippen LogP contribution in [0.1, 0.15) is 63.2 Å². The van der Waals surface area contributed by atoms with E-state index in [2.05, 4.69) is 10.6 Å². The zero-order valence-electron chi connectivity index (χ0n) is 28.6. The summed E-state index contributed by atoms with van der Waals surface area (Å²) in [5.41, 5.74) is 1.25. The molecule has 0 unspecified atom stereocenters. The fraction of sp³-hybridized carbons (Fsp3) is 0.571. The average Bonchev–Trinajstić information content (AvgIpc) is 3.03. The number of rotatable bonds is 10. The van der Waals surface area contributed by atoms with Gasteiger partial charge in [0.15, 0.2) is 0 Å². The minimum absolute atomic E-state index is 0.142. The number of hydrogen-bond acceptors (Lipinski definition) is 7. The lowest BCUT2D eigenvalue weighted by atomic mass is 10.0. The van der Waals surface area contributed by atoms with Crippen molar-refractivity contribution in [2.24, 2.45) is 5.92 Å². The van der Waals surface area contributed by atoms with Crippen LogP contribution in [0.25, 0.3) is 0 Å². The highest BCUT2D eigenvalue weighted by Crippen LogP contribution is 2.28. The summed E-state index contributed by atoms with van der Waals surface area (Å²) >= 11 is 0. The molecule has 0 aromatic heterocycles. The van der Waals surface area contributed by atoms with Crippen molar-refractivity contribution in [3.05, 3.63) is 53.8 Å². The Kier molecular flexibility index (Phi) is 14.9. The highest BCUT2D eigenvalue weighted by molar-refractivity contribution is 5.99. The van der Waals surface area contributed by atoms with Gasteiger partial charge in [0.1, 0.15) is 11.6 Å². The Morgan fingerprint density at radius 1 is 1.06 bits per heavy atom. The summed E-state index contributed by atoms with van der Waals surface area (Å²) < 4.78 is 25.9. The van der Waals surface area contributed by atoms with E-state index in [0.717, 1.165) is 25.8 Å². The van der Waals surface area contributed by atoms with Gasteiger partial charge in [0, 0.05) is 50.5 Å². The maximum atomic E-state index is 14.3. The molecule has 4 amide bonds. The van der Waals surface area contributed by atoms with E-state index < -0.39 is 18.0 Å². The van der Waals surface area contributed by atoms with Crippen molar-refractivity contribution in [1.29, 1.82) is 0 Å². The SMILES string of the molecule is C[C@H](CO)N1C[C@H](C)[C@@H](CN(C)C(=O)Nc2ccc(F)cc2)OCCCC[C@H](C)Oc2ccc(NC(=O)CCCN(C)C)cc2C1=O. The minimum Gasteiger partial charge on any atom is -0.490 e. The molecule has 0 fully saturated rings. The number of likely N-dealkylation sites (N-methyl/N-ethyl adjacent to an activating group) is 1. The molecule has 4 atom stereocenters. The van der Waals surface area contributed by atoms with E-state index in [9.17, 15) is 23.9 Å². The molecule has 260 valence electrons. The fourth-order valence-electron chi connectivity index (χ4n) is 5.35. The molecule has 1 aliphatic rings. The average molecular weight is 658 g/mol. The number of urea groups is 1. The highest BCUT2D eigenvalue weighted by atomic mass is 19.1. The van der Waals surface area contributed by atoms with Crippen molar-refractivity contribution in [2.45, 2.75) is 71.1 Å². The second-order valence-corrected chi connectivity index (χ2v) is 12.8. The largest absolute Gasteiger partial charge is 0.490 e. The number of halogens is 1. The zero-order valence-corrected chi connectivity index (χ0v) is 28.6. The molecule has 0 radical (unpaired) electrons. The van der Waals surface area contributed by atoms with Crippen LogP contribution in [0, 0.1) is 11.7 Å². The Hall–Kier alpha value is -3.74. The van der Waals surface area contributed by atoms with E-state index in [0.29, 0.717) is 42.1 Å². The van der Waals surface area contributed by atoms with Crippen molar-refractivity contribution in [3.8, 4) is 5.75 Å². The molecule has 2 aromatic carbocycles. The molecule has 0 bridgehead atoms. The second-order valence-electron chi connectivity index (χ2n) is 12.8. The van der Waals surface area contributed by atoms with Gasteiger partial charge < -0.3 is 39.9 Å². The number of nitrogens with zero attached hydrogens (tertiary/aromatic N) is 3. The van der Waals surface area contributed by atoms with Gasteiger partial charge in [-0.1, -0.05) is 6.92 Å². The molecule has 12 heteroatoms. The number of ether oxygens (including phenoxy) is 2. The lowest BCUT2D eigenvalue weighted by Crippen LogP contribution is -2.48. The Morgan fingerprint density at radius 2 is 1.77 bits per heavy atom. The Bertz CT molecular complexity index is 1310. The first-order valence-corrected chi connectivity index (χ1v) is 16.4. The van der Waals surface area contributed by atoms with Crippen molar-refractivity contribution in [1.82, 2.24) is 14.7 Å². The zero-order chi connectivity index (χ0) is 34.5. The Labute approximate surface area is 278 Å². The number of benzene rings is 2. The molecule has 1 heterocycles. The molecule has 3 N–H and O–H groups in total. The van der Waals surface area contributed by atoms with Crippen LogP contribution in [0.3, 0.4) is 0 Å². The summed E-state index contributed by atoms with van der Waals surface area (Å²) in [5.74, 6) is -0.703. The van der Waals surface area contributed by atoms with Crippen LogP contribution in [0.15, 0.2) is 42.5 Å². The summed E-state index contributed by atoms with van der Waals surface area (Å²) in [4.78, 5) is 45.1. The summed E-state index contributed by atoms with van der Waals surface area (Å²) in [6, 6.07) is 9.73. The second kappa shape index (κ2) is 18.6. The third-order valence-electron chi connectivity index (χ3n) is 8.24. The summed E-state index contributed by atoms with van der Waals surface area (Å²) in [7, 11) is 5.57. The van der Waals surface area contributed by atoms with Gasteiger partial charge in [-0.15, -0.1) is 0 Å². The number of hydrogen-bond donors (Lipinski definition) is 3. The van der Waals surface area contributed by atoms with Gasteiger partial charge in [0.05, 0.1) is 30.4 Å². The summed E-state index contributed by atoms with van der Waals surface area (Å²) in [6.07, 6.45) is 2.79. The van der Waals surface area contributed by atoms with Crippen LogP contribution < -0.4 is 15.4 Å². The molecule has 1 aliphatic heterocycles. The van der Waals surface area contributed by atoms with Crippen molar-refractivity contribution >= 4 is 29.2 Å². The molecule has 0 spiro atoms. The first-order chi connectivity index (χ1) is 22.4. The number of aliphatic hydroxyl groups excluding tert-OH is 1. The van der Waals surface area contributed by atoms with Gasteiger partial charge in [-0.2, -0.15) is 0 Å². The normalized spacial score (nSPS) is 20.1. The number of fused-ring (bicyclic) bond motifs is 1. The predicted octanol–water partition coefficient (Wildman–Crippen LogP) is 5.07. The standard InChI is InChI=1S/C35H52FN5O6/c1-24-21-41(25(2)23-42)34(44)30-20-29(37-33(43)11-9-18-39(4)5)16-17-31(30)47-26(3)10-7-8-19-46-32(24)22-40(6)35(45)38-28-14-12-27(36)13-15-28/h12-17,20,24-26,32,42H,7-11,18-19,21-23H2,1-6H3,(H,37,43)(H,38,45)/t24-,25+,26-,32+/m0/s1. The van der Waals surface area contributed by atoms with Gasteiger partial charge in [0.25, 0.3) is 5.91 Å². The molecule has 0 saturated heterocycles. The first kappa shape index (κ1) is 37.7. The summed E-state index contributed by atoms with van der Waals surface area (Å²) in [5, 5.41) is 15.9. The van der Waals surface area contributed by atoms with Crippen LogP contribution >= 0.6 is 0 Å². The lowest BCUT2D eigenvalue weighted by molar-refractivity contribution is -0.116. The molecular weight excluding hydrogens is 605 g/mol. The van der Waals surface area contributed by atoms with Crippen LogP contribution in [0.4, 0.5) is 20.6 Å². The van der Waals surface area contributed by atoms with Gasteiger partial charge in [-0.05, 0) is 103 Å². The van der Waals surface area contributed by atoms with Gasteiger partial charge >= 0.3 is 6.03 Å². The van der Waals surface area contributed by atoms with E-state index in [1.165, 1.54) is 29.2 Å². The Morgan fingerprint density at radius 3 is 2.45 bits per heavy atom. The molecule has 11 nitrogen and oxygen atoms in total. The number of carbonyl (C=O) groups excluding carboxylic acids is 3. The number of carbonyl (C=O) groups is 3. The topological polar surface area (TPSA) is 124 Å². The smallest absolute Gasteiger partial charge is 0.321 e. The van der Waals surface area contributed by atoms with Crippen molar-refractivity contribution < 1.29 is 33.4 Å². The third kappa shape index (κ3) is 12.1. The molecule has 0 aliphatic carbocycles. The monoisotopic (exact) mass is 657 g/mol. The van der Waals surface area contributed by atoms with Crippen LogP contribution in [0.2, 0.25) is 0 Å². The number of nitrogens with one attached hydrogen (secondary N) is 2. The molecule has 0 saturated carbocycles. The van der Waals surface area contributed by atoms with E-state index in [1.54, 1.807) is 37.1 Å². The fourth-order valence-corrected chi connectivity index (χ4v) is 5.35. The molecular formula is C35H52FN5O6. The number of anilines is 2. The van der Waals surface area contributed by atoms with E-state index >= 15 is 0 Å². The van der Waals surface area contributed by atoms with E-state index in [4.69, 9.17) is 9.47 Å². The van der Waals surface area contributed by atoms with Crippen LogP contribution in [-0.4, -0.2) is 110 Å². The molecule has 47 heavy (non-hydrogen) atoms. The predicted molar refractivity (Wildman–Crippen MR) is 181 cm³/mol. The van der Waals surface area contributed by atoms with Crippen molar-refractivity contribution in [2.75, 3.05) is 64.6 Å². The van der Waals surface area contributed by atoms with Crippen molar-refractivity contribution in [3.63, 3.8) is 0 Å². The number of amides is 4. The maximum absolute atomic E-state index is 14.3. The van der Waals surface area contributed by atoms with Crippen LogP contribution in [-0.2, 0) is 9.53 Å². The van der Waals surface area contributed by atoms with E-state index in [1.807, 2.05) is 32.8 Å². The third-order valence-corrected chi connectivity index (χ3v) is 8.24. The minimum atomic E-state index is -0.535. The van der Waals surface area contributed by atoms with Gasteiger partial charge in [0.2, 0.25) is 5.91 Å². The number of aliphatic hydroxyl groups is 1. The van der Waals surface area contributed by atoms with Gasteiger partial charge in [-0.25, -0.2) is 9.18 Å². The van der Waals surface area contributed by atoms with Crippen LogP contribution in [0.5, 0.6) is 5.75 Å². The maximum Gasteiger partial charge on any atom is 0.321 e. The molecule has 2 aromatic rings. The van der Waals surface area contributed by atoms with E-state index in [-0.39, 0.29) is 49.6 Å². The van der Waals surface area contributed by atoms with Gasteiger partial charge in [-0.3, -0.25) is 9.59 Å². The Balaban J connectivity index is 1.86.